The number of carbonyl (C=O) groups excluding carboxylic acids is 1. The predicted octanol–water partition coefficient (Wildman–Crippen LogP) is 0.872. The Balaban J connectivity index is 2.03. The summed E-state index contributed by atoms with van der Waals surface area (Å²) < 4.78 is 0. The fourth-order valence-corrected chi connectivity index (χ4v) is 2.57. The molecule has 1 aromatic heterocycles. The van der Waals surface area contributed by atoms with Gasteiger partial charge in [0, 0.05) is 13.1 Å². The standard InChI is InChI=1S/C10H15N3OS/c1-7-12-5-9(15-7)10(14)13-3-2-8(4-11)6-13/h5,8H,2-4,6,11H2,1H3. The summed E-state index contributed by atoms with van der Waals surface area (Å²) in [5, 5.41) is 0.938. The zero-order valence-corrected chi connectivity index (χ0v) is 9.59. The van der Waals surface area contributed by atoms with E-state index in [-0.39, 0.29) is 5.91 Å². The minimum atomic E-state index is 0.108. The molecule has 1 amide bonds. The van der Waals surface area contributed by atoms with Crippen molar-refractivity contribution in [3.05, 3.63) is 16.1 Å². The van der Waals surface area contributed by atoms with E-state index in [1.165, 1.54) is 11.3 Å². The molecule has 5 heteroatoms. The first kappa shape index (κ1) is 10.6. The summed E-state index contributed by atoms with van der Waals surface area (Å²) in [5.74, 6) is 0.583. The van der Waals surface area contributed by atoms with E-state index >= 15 is 0 Å². The molecule has 0 aromatic carbocycles. The maximum atomic E-state index is 12.0. The molecule has 1 saturated heterocycles. The van der Waals surface area contributed by atoms with Crippen molar-refractivity contribution >= 4 is 17.2 Å². The van der Waals surface area contributed by atoms with Crippen molar-refractivity contribution in [1.82, 2.24) is 9.88 Å². The first-order valence-corrected chi connectivity index (χ1v) is 5.94. The van der Waals surface area contributed by atoms with E-state index in [4.69, 9.17) is 5.73 Å². The molecule has 82 valence electrons. The van der Waals surface area contributed by atoms with Gasteiger partial charge in [0.25, 0.3) is 5.91 Å². The summed E-state index contributed by atoms with van der Waals surface area (Å²) in [6.45, 7) is 4.21. The lowest BCUT2D eigenvalue weighted by atomic mass is 10.1. The van der Waals surface area contributed by atoms with Gasteiger partial charge < -0.3 is 10.6 Å². The van der Waals surface area contributed by atoms with Crippen LogP contribution in [0.1, 0.15) is 21.1 Å². The van der Waals surface area contributed by atoms with Crippen molar-refractivity contribution in [1.29, 1.82) is 0 Å². The fraction of sp³-hybridized carbons (Fsp3) is 0.600. The third kappa shape index (κ3) is 2.18. The molecule has 1 unspecified atom stereocenters. The summed E-state index contributed by atoms with van der Waals surface area (Å²) in [4.78, 5) is 18.7. The zero-order valence-electron chi connectivity index (χ0n) is 8.77. The van der Waals surface area contributed by atoms with Crippen LogP contribution in [-0.2, 0) is 0 Å². The fourth-order valence-electron chi connectivity index (χ4n) is 1.83. The first-order chi connectivity index (χ1) is 7.20. The lowest BCUT2D eigenvalue weighted by Crippen LogP contribution is -2.29. The minimum absolute atomic E-state index is 0.108. The molecule has 0 radical (unpaired) electrons. The van der Waals surface area contributed by atoms with Gasteiger partial charge in [0.05, 0.1) is 11.2 Å². The third-order valence-corrected chi connectivity index (χ3v) is 3.64. The first-order valence-electron chi connectivity index (χ1n) is 5.12. The van der Waals surface area contributed by atoms with E-state index in [9.17, 15) is 4.79 Å². The Morgan fingerprint density at radius 3 is 3.13 bits per heavy atom. The Morgan fingerprint density at radius 1 is 1.80 bits per heavy atom. The van der Waals surface area contributed by atoms with Gasteiger partial charge in [0.1, 0.15) is 4.88 Å². The number of rotatable bonds is 2. The Kier molecular flexibility index (Phi) is 3.02. The Hall–Kier alpha value is -0.940. The van der Waals surface area contributed by atoms with Gasteiger partial charge in [-0.05, 0) is 25.8 Å². The second-order valence-corrected chi connectivity index (χ2v) is 5.12. The highest BCUT2D eigenvalue weighted by atomic mass is 32.1. The molecule has 1 aliphatic heterocycles. The largest absolute Gasteiger partial charge is 0.338 e. The van der Waals surface area contributed by atoms with Crippen LogP contribution in [0.2, 0.25) is 0 Å². The van der Waals surface area contributed by atoms with Crippen molar-refractivity contribution in [3.8, 4) is 0 Å². The average molecular weight is 225 g/mol. The van der Waals surface area contributed by atoms with E-state index in [0.29, 0.717) is 12.5 Å². The van der Waals surface area contributed by atoms with Crippen molar-refractivity contribution in [2.24, 2.45) is 11.7 Å². The van der Waals surface area contributed by atoms with Gasteiger partial charge in [0.2, 0.25) is 0 Å². The summed E-state index contributed by atoms with van der Waals surface area (Å²) in [5.41, 5.74) is 5.59. The Morgan fingerprint density at radius 2 is 2.60 bits per heavy atom. The van der Waals surface area contributed by atoms with Gasteiger partial charge in [0.15, 0.2) is 0 Å². The number of nitrogens with zero attached hydrogens (tertiary/aromatic N) is 2. The van der Waals surface area contributed by atoms with Crippen LogP contribution in [-0.4, -0.2) is 35.4 Å². The van der Waals surface area contributed by atoms with E-state index < -0.39 is 0 Å². The second kappa shape index (κ2) is 4.28. The van der Waals surface area contributed by atoms with Crippen LogP contribution < -0.4 is 5.73 Å². The Labute approximate surface area is 93.1 Å². The summed E-state index contributed by atoms with van der Waals surface area (Å²) >= 11 is 1.46. The van der Waals surface area contributed by atoms with Crippen LogP contribution in [0.15, 0.2) is 6.20 Å². The molecule has 15 heavy (non-hydrogen) atoms. The lowest BCUT2D eigenvalue weighted by Gasteiger charge is -2.14. The molecular formula is C10H15N3OS. The molecule has 1 aliphatic rings. The van der Waals surface area contributed by atoms with Gasteiger partial charge in [-0.25, -0.2) is 4.98 Å². The summed E-state index contributed by atoms with van der Waals surface area (Å²) in [6, 6.07) is 0. The number of nitrogens with two attached hydrogens (primary N) is 1. The van der Waals surface area contributed by atoms with Crippen molar-refractivity contribution < 1.29 is 4.79 Å². The van der Waals surface area contributed by atoms with Crippen molar-refractivity contribution in [2.45, 2.75) is 13.3 Å². The van der Waals surface area contributed by atoms with Gasteiger partial charge >= 0.3 is 0 Å². The van der Waals surface area contributed by atoms with E-state index in [0.717, 1.165) is 29.4 Å². The van der Waals surface area contributed by atoms with Gasteiger partial charge in [-0.15, -0.1) is 11.3 Å². The van der Waals surface area contributed by atoms with Crippen LogP contribution in [0.3, 0.4) is 0 Å². The maximum absolute atomic E-state index is 12.0. The molecule has 2 heterocycles. The molecule has 0 saturated carbocycles. The van der Waals surface area contributed by atoms with Crippen LogP contribution in [0.25, 0.3) is 0 Å². The SMILES string of the molecule is Cc1ncc(C(=O)N2CCC(CN)C2)s1. The zero-order chi connectivity index (χ0) is 10.8. The highest BCUT2D eigenvalue weighted by Gasteiger charge is 2.26. The molecule has 1 fully saturated rings. The quantitative estimate of drug-likeness (QED) is 0.812. The third-order valence-electron chi connectivity index (χ3n) is 2.74. The minimum Gasteiger partial charge on any atom is -0.338 e. The normalized spacial score (nSPS) is 20.9. The van der Waals surface area contributed by atoms with E-state index in [1.807, 2.05) is 11.8 Å². The molecule has 4 nitrogen and oxygen atoms in total. The molecule has 2 N–H and O–H groups in total. The summed E-state index contributed by atoms with van der Waals surface area (Å²) in [6.07, 6.45) is 2.69. The summed E-state index contributed by atoms with van der Waals surface area (Å²) in [7, 11) is 0. The molecular weight excluding hydrogens is 210 g/mol. The number of amides is 1. The number of aryl methyl sites for hydroxylation is 1. The molecule has 1 aromatic rings. The molecule has 1 atom stereocenters. The van der Waals surface area contributed by atoms with Crippen LogP contribution in [0.5, 0.6) is 0 Å². The highest BCUT2D eigenvalue weighted by Crippen LogP contribution is 2.20. The number of hydrogen-bond donors (Lipinski definition) is 1. The number of likely N-dealkylation sites (tertiary alicyclic amines) is 1. The highest BCUT2D eigenvalue weighted by molar-refractivity contribution is 7.13. The van der Waals surface area contributed by atoms with Crippen molar-refractivity contribution in [3.63, 3.8) is 0 Å². The van der Waals surface area contributed by atoms with E-state index in [1.54, 1.807) is 6.20 Å². The van der Waals surface area contributed by atoms with Gasteiger partial charge in [-0.2, -0.15) is 0 Å². The lowest BCUT2D eigenvalue weighted by molar-refractivity contribution is 0.0792. The number of aromatic nitrogens is 1. The molecule has 0 spiro atoms. The smallest absolute Gasteiger partial charge is 0.265 e. The van der Waals surface area contributed by atoms with Gasteiger partial charge in [-0.3, -0.25) is 4.79 Å². The van der Waals surface area contributed by atoms with Gasteiger partial charge in [-0.1, -0.05) is 0 Å². The molecule has 0 bridgehead atoms. The maximum Gasteiger partial charge on any atom is 0.265 e. The van der Waals surface area contributed by atoms with Crippen molar-refractivity contribution in [2.75, 3.05) is 19.6 Å². The Bertz CT molecular complexity index is 363. The number of hydrogen-bond acceptors (Lipinski definition) is 4. The number of carbonyl (C=O) groups is 1. The van der Waals surface area contributed by atoms with Crippen LogP contribution in [0, 0.1) is 12.8 Å². The molecule has 0 aliphatic carbocycles. The second-order valence-electron chi connectivity index (χ2n) is 3.89. The van der Waals surface area contributed by atoms with E-state index in [2.05, 4.69) is 4.98 Å². The monoisotopic (exact) mass is 225 g/mol. The van der Waals surface area contributed by atoms with Crippen LogP contribution in [0.4, 0.5) is 0 Å². The van der Waals surface area contributed by atoms with Crippen LogP contribution >= 0.6 is 11.3 Å². The molecule has 2 rings (SSSR count). The topological polar surface area (TPSA) is 59.2 Å². The number of thiazole rings is 1. The predicted molar refractivity (Wildman–Crippen MR) is 59.9 cm³/mol. The average Bonchev–Trinajstić information content (AvgIpc) is 2.84.